The van der Waals surface area contributed by atoms with E-state index in [2.05, 4.69) is 15.5 Å². The first-order chi connectivity index (χ1) is 12.4. The first-order valence-corrected chi connectivity index (χ1v) is 11.3. The van der Waals surface area contributed by atoms with Gasteiger partial charge in [-0.25, -0.2) is 8.42 Å². The van der Waals surface area contributed by atoms with Crippen molar-refractivity contribution in [2.45, 2.75) is 38.0 Å². The molecule has 1 aromatic heterocycles. The lowest BCUT2D eigenvalue weighted by molar-refractivity contribution is -0.119. The van der Waals surface area contributed by atoms with Crippen LogP contribution >= 0.6 is 11.8 Å². The van der Waals surface area contributed by atoms with Crippen molar-refractivity contribution in [3.63, 3.8) is 0 Å². The molecule has 3 rings (SSSR count). The molecule has 140 valence electrons. The summed E-state index contributed by atoms with van der Waals surface area (Å²) in [5, 5.41) is 12.0. The zero-order valence-corrected chi connectivity index (χ0v) is 16.4. The molecule has 1 aliphatic heterocycles. The fraction of sp³-hybridized carbons (Fsp3) is 0.471. The molecule has 2 aromatic rings. The molecule has 0 radical (unpaired) electrons. The summed E-state index contributed by atoms with van der Waals surface area (Å²) < 4.78 is 24.9. The van der Waals surface area contributed by atoms with Gasteiger partial charge in [0.1, 0.15) is 0 Å². The van der Waals surface area contributed by atoms with E-state index in [1.807, 2.05) is 42.7 Å². The van der Waals surface area contributed by atoms with Gasteiger partial charge < -0.3 is 9.88 Å². The van der Waals surface area contributed by atoms with Crippen LogP contribution in [0, 0.1) is 6.92 Å². The molecular weight excluding hydrogens is 372 g/mol. The molecule has 1 saturated heterocycles. The molecule has 2 heterocycles. The van der Waals surface area contributed by atoms with Crippen LogP contribution in [0.4, 0.5) is 0 Å². The van der Waals surface area contributed by atoms with Crippen molar-refractivity contribution in [3.05, 3.63) is 29.8 Å². The van der Waals surface area contributed by atoms with Crippen molar-refractivity contribution < 1.29 is 13.2 Å². The highest BCUT2D eigenvalue weighted by Gasteiger charge is 2.29. The molecule has 0 aliphatic carbocycles. The van der Waals surface area contributed by atoms with Crippen LogP contribution < -0.4 is 5.32 Å². The molecule has 1 N–H and O–H groups in total. The number of hydrogen-bond acceptors (Lipinski definition) is 6. The van der Waals surface area contributed by atoms with Crippen LogP contribution in [0.25, 0.3) is 11.4 Å². The maximum absolute atomic E-state index is 12.1. The Hall–Kier alpha value is -1.87. The fourth-order valence-corrected chi connectivity index (χ4v) is 5.50. The first kappa shape index (κ1) is 18.9. The minimum atomic E-state index is -3.00. The SMILES string of the molecule is CCn1c(SCC(=O)N[C@H]2CCS(=O)(=O)C2)nnc1-c1ccccc1C. The Bertz CT molecular complexity index is 908. The molecule has 0 saturated carbocycles. The summed E-state index contributed by atoms with van der Waals surface area (Å²) in [5.41, 5.74) is 2.14. The van der Waals surface area contributed by atoms with Crippen molar-refractivity contribution in [1.29, 1.82) is 0 Å². The van der Waals surface area contributed by atoms with Crippen molar-refractivity contribution in [2.75, 3.05) is 17.3 Å². The molecule has 0 spiro atoms. The van der Waals surface area contributed by atoms with Crippen LogP contribution in [-0.2, 0) is 21.2 Å². The zero-order chi connectivity index (χ0) is 18.7. The van der Waals surface area contributed by atoms with E-state index in [0.29, 0.717) is 18.1 Å². The number of carbonyl (C=O) groups is 1. The highest BCUT2D eigenvalue weighted by atomic mass is 32.2. The standard InChI is InChI=1S/C17H22N4O3S2/c1-3-21-16(14-7-5-4-6-12(14)2)19-20-17(21)25-10-15(22)18-13-8-9-26(23,24)11-13/h4-7,13H,3,8-11H2,1-2H3,(H,18,22)/t13-/m0/s1. The molecule has 0 unspecified atom stereocenters. The van der Waals surface area contributed by atoms with Gasteiger partial charge >= 0.3 is 0 Å². The second-order valence-electron chi connectivity index (χ2n) is 6.32. The molecule has 0 bridgehead atoms. The van der Waals surface area contributed by atoms with Gasteiger partial charge in [-0.15, -0.1) is 10.2 Å². The van der Waals surface area contributed by atoms with Gasteiger partial charge in [-0.2, -0.15) is 0 Å². The third-order valence-corrected chi connectivity index (χ3v) is 7.08. The Morgan fingerprint density at radius 2 is 2.12 bits per heavy atom. The van der Waals surface area contributed by atoms with E-state index in [4.69, 9.17) is 0 Å². The molecule has 1 amide bonds. The minimum absolute atomic E-state index is 0.0337. The second-order valence-corrected chi connectivity index (χ2v) is 9.49. The molecule has 26 heavy (non-hydrogen) atoms. The lowest BCUT2D eigenvalue weighted by Crippen LogP contribution is -2.36. The van der Waals surface area contributed by atoms with Gasteiger partial charge in [-0.3, -0.25) is 4.79 Å². The quantitative estimate of drug-likeness (QED) is 0.749. The maximum atomic E-state index is 12.1. The van der Waals surface area contributed by atoms with Crippen LogP contribution in [0.1, 0.15) is 18.9 Å². The highest BCUT2D eigenvalue weighted by Crippen LogP contribution is 2.26. The average molecular weight is 395 g/mol. The summed E-state index contributed by atoms with van der Waals surface area (Å²) >= 11 is 1.31. The van der Waals surface area contributed by atoms with Gasteiger partial charge in [0.2, 0.25) is 5.91 Å². The number of rotatable bonds is 6. The highest BCUT2D eigenvalue weighted by molar-refractivity contribution is 7.99. The molecule has 1 atom stereocenters. The smallest absolute Gasteiger partial charge is 0.230 e. The number of aromatic nitrogens is 3. The third-order valence-electron chi connectivity index (χ3n) is 4.35. The van der Waals surface area contributed by atoms with Crippen LogP contribution in [0.15, 0.2) is 29.4 Å². The number of sulfone groups is 1. The number of nitrogens with zero attached hydrogens (tertiary/aromatic N) is 3. The molecule has 7 nitrogen and oxygen atoms in total. The topological polar surface area (TPSA) is 94.0 Å². The summed E-state index contributed by atoms with van der Waals surface area (Å²) in [5.74, 6) is 0.972. The molecule has 1 fully saturated rings. The lowest BCUT2D eigenvalue weighted by Gasteiger charge is -2.11. The van der Waals surface area contributed by atoms with Gasteiger partial charge in [0.05, 0.1) is 17.3 Å². The fourth-order valence-electron chi connectivity index (χ4n) is 3.01. The lowest BCUT2D eigenvalue weighted by atomic mass is 10.1. The Labute approximate surface area is 157 Å². The van der Waals surface area contributed by atoms with Crippen molar-refractivity contribution in [3.8, 4) is 11.4 Å². The zero-order valence-electron chi connectivity index (χ0n) is 14.8. The van der Waals surface area contributed by atoms with E-state index in [0.717, 1.165) is 17.0 Å². The van der Waals surface area contributed by atoms with E-state index in [-0.39, 0.29) is 29.2 Å². The largest absolute Gasteiger partial charge is 0.352 e. The van der Waals surface area contributed by atoms with Crippen molar-refractivity contribution >= 4 is 27.5 Å². The van der Waals surface area contributed by atoms with Crippen LogP contribution in [0.2, 0.25) is 0 Å². The van der Waals surface area contributed by atoms with E-state index >= 15 is 0 Å². The molecule has 1 aliphatic rings. The average Bonchev–Trinajstić information content (AvgIpc) is 3.15. The summed E-state index contributed by atoms with van der Waals surface area (Å²) in [7, 11) is -3.00. The van der Waals surface area contributed by atoms with Gasteiger partial charge in [0.15, 0.2) is 20.8 Å². The van der Waals surface area contributed by atoms with E-state index < -0.39 is 9.84 Å². The number of benzene rings is 1. The van der Waals surface area contributed by atoms with Crippen LogP contribution in [-0.4, -0.2) is 52.4 Å². The third kappa shape index (κ3) is 4.27. The number of aryl methyl sites for hydroxylation is 1. The Morgan fingerprint density at radius 3 is 2.77 bits per heavy atom. The summed E-state index contributed by atoms with van der Waals surface area (Å²) in [4.78, 5) is 12.1. The minimum Gasteiger partial charge on any atom is -0.352 e. The van der Waals surface area contributed by atoms with Crippen molar-refractivity contribution in [2.24, 2.45) is 0 Å². The number of thioether (sulfide) groups is 1. The first-order valence-electron chi connectivity index (χ1n) is 8.51. The van der Waals surface area contributed by atoms with Gasteiger partial charge in [-0.05, 0) is 25.8 Å². The van der Waals surface area contributed by atoms with E-state index in [9.17, 15) is 13.2 Å². The van der Waals surface area contributed by atoms with Crippen molar-refractivity contribution in [1.82, 2.24) is 20.1 Å². The summed E-state index contributed by atoms with van der Waals surface area (Å²) in [6.07, 6.45) is 0.487. The number of carbonyl (C=O) groups excluding carboxylic acids is 1. The Morgan fingerprint density at radius 1 is 1.35 bits per heavy atom. The second kappa shape index (κ2) is 7.79. The molecule has 9 heteroatoms. The van der Waals surface area contributed by atoms with Gasteiger partial charge in [0, 0.05) is 18.2 Å². The maximum Gasteiger partial charge on any atom is 0.230 e. The van der Waals surface area contributed by atoms with E-state index in [1.54, 1.807) is 0 Å². The van der Waals surface area contributed by atoms with E-state index in [1.165, 1.54) is 11.8 Å². The van der Waals surface area contributed by atoms with Gasteiger partial charge in [-0.1, -0.05) is 36.0 Å². The summed E-state index contributed by atoms with van der Waals surface area (Å²) in [6.45, 7) is 4.74. The number of nitrogens with one attached hydrogen (secondary N) is 1. The number of hydrogen-bond donors (Lipinski definition) is 1. The van der Waals surface area contributed by atoms with Crippen LogP contribution in [0.3, 0.4) is 0 Å². The molecule has 1 aromatic carbocycles. The predicted molar refractivity (Wildman–Crippen MR) is 102 cm³/mol. The monoisotopic (exact) mass is 394 g/mol. The van der Waals surface area contributed by atoms with Gasteiger partial charge in [0.25, 0.3) is 0 Å². The molecular formula is C17H22N4O3S2. The summed E-state index contributed by atoms with van der Waals surface area (Å²) in [6, 6.07) is 7.70. The normalized spacial score (nSPS) is 18.8. The Balaban J connectivity index is 1.65. The Kier molecular flexibility index (Phi) is 5.67. The predicted octanol–water partition coefficient (Wildman–Crippen LogP) is 1.67. The van der Waals surface area contributed by atoms with Crippen LogP contribution in [0.5, 0.6) is 0 Å². The number of amides is 1.